The highest BCUT2D eigenvalue weighted by molar-refractivity contribution is 9.10. The van der Waals surface area contributed by atoms with E-state index in [-0.39, 0.29) is 18.0 Å². The number of pyridine rings is 1. The highest BCUT2D eigenvalue weighted by atomic mass is 79.9. The normalized spacial score (nSPS) is 10.9. The lowest BCUT2D eigenvalue weighted by atomic mass is 10.2. The van der Waals surface area contributed by atoms with Crippen LogP contribution in [0.25, 0.3) is 10.2 Å². The summed E-state index contributed by atoms with van der Waals surface area (Å²) in [7, 11) is 0. The van der Waals surface area contributed by atoms with Crippen molar-refractivity contribution in [2.24, 2.45) is 0 Å². The highest BCUT2D eigenvalue weighted by Crippen LogP contribution is 2.32. The second-order valence-electron chi connectivity index (χ2n) is 5.80. The molecule has 2 aromatic carbocycles. The van der Waals surface area contributed by atoms with Crippen LogP contribution in [-0.4, -0.2) is 15.9 Å². The van der Waals surface area contributed by atoms with Gasteiger partial charge in [0.2, 0.25) is 0 Å². The number of nitrogens with zero attached hydrogens (tertiary/aromatic N) is 3. The van der Waals surface area contributed by atoms with Crippen molar-refractivity contribution in [2.75, 3.05) is 4.90 Å². The van der Waals surface area contributed by atoms with E-state index in [0.29, 0.717) is 15.4 Å². The van der Waals surface area contributed by atoms with E-state index in [9.17, 15) is 9.18 Å². The first-order chi connectivity index (χ1) is 13.1. The van der Waals surface area contributed by atoms with Gasteiger partial charge in [0.25, 0.3) is 5.91 Å². The largest absolute Gasteiger partial charge is 0.278 e. The molecule has 0 N–H and O–H groups in total. The SMILES string of the molecule is O=C(c1ccc(Br)cc1)N(Cc1ccccn1)c1nc2c(F)cccc2s1. The Balaban J connectivity index is 1.78. The fraction of sp³-hybridized carbons (Fsp3) is 0.0500. The average Bonchev–Trinajstić information content (AvgIpc) is 3.12. The van der Waals surface area contributed by atoms with Crippen molar-refractivity contribution in [3.8, 4) is 0 Å². The molecular formula is C20H13BrFN3OS. The Hall–Kier alpha value is -2.64. The van der Waals surface area contributed by atoms with Gasteiger partial charge in [-0.15, -0.1) is 0 Å². The van der Waals surface area contributed by atoms with Crippen LogP contribution in [0.1, 0.15) is 16.1 Å². The molecule has 1 amide bonds. The summed E-state index contributed by atoms with van der Waals surface area (Å²) >= 11 is 4.66. The van der Waals surface area contributed by atoms with Gasteiger partial charge in [-0.25, -0.2) is 9.37 Å². The Labute approximate surface area is 167 Å². The van der Waals surface area contributed by atoms with Crippen molar-refractivity contribution in [2.45, 2.75) is 6.54 Å². The van der Waals surface area contributed by atoms with Gasteiger partial charge in [-0.1, -0.05) is 39.4 Å². The van der Waals surface area contributed by atoms with Gasteiger partial charge in [0.1, 0.15) is 11.3 Å². The summed E-state index contributed by atoms with van der Waals surface area (Å²) in [6, 6.07) is 17.4. The fourth-order valence-electron chi connectivity index (χ4n) is 2.65. The van der Waals surface area contributed by atoms with Crippen LogP contribution in [-0.2, 0) is 6.54 Å². The molecular weight excluding hydrogens is 429 g/mol. The van der Waals surface area contributed by atoms with Crippen molar-refractivity contribution in [1.82, 2.24) is 9.97 Å². The Morgan fingerprint density at radius 1 is 1.07 bits per heavy atom. The van der Waals surface area contributed by atoms with E-state index >= 15 is 0 Å². The van der Waals surface area contributed by atoms with Crippen LogP contribution in [0.15, 0.2) is 71.3 Å². The fourth-order valence-corrected chi connectivity index (χ4v) is 3.89. The molecule has 0 spiro atoms. The van der Waals surface area contributed by atoms with Gasteiger partial charge in [0.05, 0.1) is 16.9 Å². The van der Waals surface area contributed by atoms with Gasteiger partial charge in [0, 0.05) is 16.2 Å². The Bertz CT molecular complexity index is 1100. The zero-order valence-corrected chi connectivity index (χ0v) is 16.4. The number of carbonyl (C=O) groups excluding carboxylic acids is 1. The number of aromatic nitrogens is 2. The Morgan fingerprint density at radius 2 is 1.89 bits per heavy atom. The van der Waals surface area contributed by atoms with Crippen molar-refractivity contribution in [3.05, 3.63) is 88.4 Å². The molecule has 0 unspecified atom stereocenters. The van der Waals surface area contributed by atoms with Gasteiger partial charge in [-0.3, -0.25) is 14.7 Å². The smallest absolute Gasteiger partial charge is 0.260 e. The minimum absolute atomic E-state index is 0.215. The first kappa shape index (κ1) is 17.8. The van der Waals surface area contributed by atoms with Crippen molar-refractivity contribution in [1.29, 1.82) is 0 Å². The van der Waals surface area contributed by atoms with Crippen LogP contribution >= 0.6 is 27.3 Å². The third kappa shape index (κ3) is 3.74. The summed E-state index contributed by atoms with van der Waals surface area (Å²) in [4.78, 5) is 23.4. The highest BCUT2D eigenvalue weighted by Gasteiger charge is 2.23. The average molecular weight is 442 g/mol. The summed E-state index contributed by atoms with van der Waals surface area (Å²) in [5.41, 5.74) is 1.52. The molecule has 2 heterocycles. The molecule has 0 fully saturated rings. The van der Waals surface area contributed by atoms with Crippen molar-refractivity contribution < 1.29 is 9.18 Å². The van der Waals surface area contributed by atoms with Crippen LogP contribution in [0.3, 0.4) is 0 Å². The molecule has 0 bridgehead atoms. The predicted octanol–water partition coefficient (Wildman–Crippen LogP) is 5.44. The molecule has 2 aromatic heterocycles. The molecule has 4 aromatic rings. The van der Waals surface area contributed by atoms with Crippen LogP contribution in [0.4, 0.5) is 9.52 Å². The summed E-state index contributed by atoms with van der Waals surface area (Å²) in [5.74, 6) is -0.614. The molecule has 0 aliphatic heterocycles. The maximum atomic E-state index is 14.1. The summed E-state index contributed by atoms with van der Waals surface area (Å²) in [6.45, 7) is 0.247. The number of rotatable bonds is 4. The van der Waals surface area contributed by atoms with Crippen LogP contribution < -0.4 is 4.90 Å². The number of hydrogen-bond acceptors (Lipinski definition) is 4. The van der Waals surface area contributed by atoms with Crippen molar-refractivity contribution >= 4 is 48.5 Å². The number of carbonyl (C=O) groups is 1. The van der Waals surface area contributed by atoms with Gasteiger partial charge in [-0.2, -0.15) is 0 Å². The first-order valence-electron chi connectivity index (χ1n) is 8.14. The molecule has 0 aliphatic rings. The molecule has 0 radical (unpaired) electrons. The summed E-state index contributed by atoms with van der Waals surface area (Å²) in [5, 5.41) is 0.439. The van der Waals surface area contributed by atoms with E-state index in [1.807, 2.05) is 30.3 Å². The van der Waals surface area contributed by atoms with Crippen LogP contribution in [0.5, 0.6) is 0 Å². The molecule has 0 atom stereocenters. The van der Waals surface area contributed by atoms with Gasteiger partial charge in [0.15, 0.2) is 5.13 Å². The number of benzene rings is 2. The maximum Gasteiger partial charge on any atom is 0.260 e. The second kappa shape index (κ2) is 7.54. The lowest BCUT2D eigenvalue weighted by Crippen LogP contribution is -2.30. The maximum absolute atomic E-state index is 14.1. The number of fused-ring (bicyclic) bond motifs is 1. The zero-order chi connectivity index (χ0) is 18.8. The van der Waals surface area contributed by atoms with Crippen molar-refractivity contribution in [3.63, 3.8) is 0 Å². The standard InChI is InChI=1S/C20H13BrFN3OS/c21-14-9-7-13(8-10-14)19(26)25(12-15-4-1-2-11-23-15)20-24-18-16(22)5-3-6-17(18)27-20/h1-11H,12H2. The van der Waals surface area contributed by atoms with Crippen LogP contribution in [0, 0.1) is 5.82 Å². The third-order valence-corrected chi connectivity index (χ3v) is 5.54. The monoisotopic (exact) mass is 441 g/mol. The predicted molar refractivity (Wildman–Crippen MR) is 108 cm³/mol. The molecule has 0 saturated carbocycles. The molecule has 4 rings (SSSR count). The lowest BCUT2D eigenvalue weighted by Gasteiger charge is -2.19. The summed E-state index contributed by atoms with van der Waals surface area (Å²) in [6.07, 6.45) is 1.68. The second-order valence-corrected chi connectivity index (χ2v) is 7.73. The van der Waals surface area contributed by atoms with E-state index in [1.165, 1.54) is 22.3 Å². The molecule has 0 aliphatic carbocycles. The van der Waals surface area contributed by atoms with E-state index in [0.717, 1.165) is 10.2 Å². The van der Waals surface area contributed by atoms with Gasteiger partial charge >= 0.3 is 0 Å². The number of halogens is 2. The quantitative estimate of drug-likeness (QED) is 0.423. The molecule has 0 saturated heterocycles. The minimum Gasteiger partial charge on any atom is -0.278 e. The minimum atomic E-state index is -0.399. The number of anilines is 1. The third-order valence-electron chi connectivity index (χ3n) is 3.97. The van der Waals surface area contributed by atoms with E-state index in [2.05, 4.69) is 25.9 Å². The Kier molecular flexibility index (Phi) is 4.96. The van der Waals surface area contributed by atoms with E-state index in [4.69, 9.17) is 0 Å². The molecule has 4 nitrogen and oxygen atoms in total. The molecule has 7 heteroatoms. The van der Waals surface area contributed by atoms with E-state index < -0.39 is 5.82 Å². The first-order valence-corrected chi connectivity index (χ1v) is 9.75. The number of hydrogen-bond donors (Lipinski definition) is 0. The Morgan fingerprint density at radius 3 is 2.59 bits per heavy atom. The number of amides is 1. The lowest BCUT2D eigenvalue weighted by molar-refractivity contribution is 0.0985. The van der Waals surface area contributed by atoms with Crippen LogP contribution in [0.2, 0.25) is 0 Å². The number of thiazole rings is 1. The summed E-state index contributed by atoms with van der Waals surface area (Å²) < 4.78 is 15.7. The van der Waals surface area contributed by atoms with Gasteiger partial charge < -0.3 is 0 Å². The topological polar surface area (TPSA) is 46.1 Å². The zero-order valence-electron chi connectivity index (χ0n) is 14.0. The van der Waals surface area contributed by atoms with Gasteiger partial charge in [-0.05, 0) is 48.5 Å². The molecule has 134 valence electrons. The molecule has 27 heavy (non-hydrogen) atoms. The number of para-hydroxylation sites is 1. The van der Waals surface area contributed by atoms with E-state index in [1.54, 1.807) is 30.5 Å².